The molecule has 3 heteroatoms. The van der Waals surface area contributed by atoms with E-state index in [2.05, 4.69) is 114 Å². The van der Waals surface area contributed by atoms with Crippen molar-refractivity contribution in [2.75, 3.05) is 0 Å². The molecule has 0 saturated carbocycles. The van der Waals surface area contributed by atoms with Crippen molar-refractivity contribution in [1.82, 2.24) is 0 Å². The van der Waals surface area contributed by atoms with Gasteiger partial charge in [0.2, 0.25) is 0 Å². The summed E-state index contributed by atoms with van der Waals surface area (Å²) >= 11 is 1.75. The normalized spacial score (nSPS) is 9.80. The number of benzene rings is 4. The molecule has 0 fully saturated rings. The molecule has 0 aromatic heterocycles. The quantitative estimate of drug-likeness (QED) is 0.236. The van der Waals surface area contributed by atoms with Gasteiger partial charge in [-0.15, -0.1) is 45.8 Å². The van der Waals surface area contributed by atoms with Crippen molar-refractivity contribution in [3.05, 3.63) is 109 Å². The maximum absolute atomic E-state index is 3.25. The van der Waals surface area contributed by atoms with E-state index in [1.54, 1.807) is 20.0 Å². The summed E-state index contributed by atoms with van der Waals surface area (Å²) < 4.78 is 0. The maximum atomic E-state index is 3.25. The van der Waals surface area contributed by atoms with Crippen LogP contribution < -0.4 is 24.8 Å². The summed E-state index contributed by atoms with van der Waals surface area (Å²) in [5, 5.41) is 10.7. The van der Waals surface area contributed by atoms with Gasteiger partial charge in [-0.1, -0.05) is 82.2 Å². The van der Waals surface area contributed by atoms with Crippen LogP contribution in [0, 0.1) is 0 Å². The molecule has 0 bridgehead atoms. The largest absolute Gasteiger partial charge is 1.00 e. The minimum atomic E-state index is 0. The summed E-state index contributed by atoms with van der Waals surface area (Å²) in [5.41, 5.74) is 0. The second-order valence-electron chi connectivity index (χ2n) is 6.63. The van der Waals surface area contributed by atoms with Crippen LogP contribution in [0.1, 0.15) is 0 Å². The van der Waals surface area contributed by atoms with Gasteiger partial charge in [0.1, 0.15) is 0 Å². The van der Waals surface area contributed by atoms with Crippen LogP contribution in [0.5, 0.6) is 0 Å². The molecule has 0 atom stereocenters. The van der Waals surface area contributed by atoms with Crippen LogP contribution in [-0.4, -0.2) is 4.82 Å². The second-order valence-corrected chi connectivity index (χ2v) is 6.63. The average molecular weight is 463 g/mol. The molecule has 30 heavy (non-hydrogen) atoms. The first-order chi connectivity index (χ1) is 13.9. The molecule has 6 aromatic carbocycles. The molecule has 148 valence electrons. The Kier molecular flexibility index (Phi) is 9.02. The number of halogens is 2. The number of rotatable bonds is 0. The smallest absolute Gasteiger partial charge is 0.0606 e. The van der Waals surface area contributed by atoms with Gasteiger partial charge in [-0.2, -0.15) is 24.3 Å². The molecule has 0 amide bonds. The van der Waals surface area contributed by atoms with Crippen LogP contribution in [0.4, 0.5) is 0 Å². The Morgan fingerprint density at radius 3 is 1.27 bits per heavy atom. The van der Waals surface area contributed by atoms with E-state index in [4.69, 9.17) is 0 Å². The molecule has 0 aliphatic carbocycles. The van der Waals surface area contributed by atoms with Gasteiger partial charge in [0.15, 0.2) is 0 Å². The summed E-state index contributed by atoms with van der Waals surface area (Å²) in [7, 11) is 0. The van der Waals surface area contributed by atoms with E-state index in [1.807, 2.05) is 0 Å². The van der Waals surface area contributed by atoms with Gasteiger partial charge in [-0.3, -0.25) is 0 Å². The molecule has 6 aromatic rings. The Labute approximate surface area is 201 Å². The van der Waals surface area contributed by atoms with E-state index < -0.39 is 0 Å². The molecule has 0 spiro atoms. The monoisotopic (exact) mass is 462 g/mol. The standard InChI is InChI=1S/2C13H9.CH2.2ClH.Ti/c2*1-2-6-12-10(4-1)8-9-11-5-3-7-13(11)12;;;;/h2*1-9H;1H2;2*1H;/q2*-1;;;;+2/p-2. The third kappa shape index (κ3) is 4.74. The van der Waals surface area contributed by atoms with E-state index in [-0.39, 0.29) is 24.8 Å². The van der Waals surface area contributed by atoms with Crippen molar-refractivity contribution in [2.24, 2.45) is 0 Å². The van der Waals surface area contributed by atoms with Crippen LogP contribution >= 0.6 is 0 Å². The van der Waals surface area contributed by atoms with Crippen molar-refractivity contribution >= 4 is 47.9 Å². The van der Waals surface area contributed by atoms with Gasteiger partial charge in [0.05, 0.1) is 0 Å². The molecule has 6 rings (SSSR count). The van der Waals surface area contributed by atoms with Crippen molar-refractivity contribution in [1.29, 1.82) is 0 Å². The van der Waals surface area contributed by atoms with Gasteiger partial charge in [0.25, 0.3) is 0 Å². The van der Waals surface area contributed by atoms with E-state index >= 15 is 0 Å². The average Bonchev–Trinajstić information content (AvgIpc) is 3.45. The van der Waals surface area contributed by atoms with E-state index in [9.17, 15) is 0 Å². The molecular formula is C27H20Cl2Ti-2. The molecule has 0 radical (unpaired) electrons. The molecule has 0 N–H and O–H groups in total. The van der Waals surface area contributed by atoms with Crippen LogP contribution in [0.25, 0.3) is 43.1 Å². The van der Waals surface area contributed by atoms with Crippen molar-refractivity contribution in [2.45, 2.75) is 0 Å². The topological polar surface area (TPSA) is 0 Å². The Hall–Kier alpha value is -2.22. The van der Waals surface area contributed by atoms with Gasteiger partial charge in [-0.25, -0.2) is 0 Å². The van der Waals surface area contributed by atoms with E-state index in [0.717, 1.165) is 0 Å². The van der Waals surface area contributed by atoms with Crippen LogP contribution in [0.15, 0.2) is 109 Å². The minimum absolute atomic E-state index is 0. The zero-order valence-corrected chi connectivity index (χ0v) is 19.4. The Bertz CT molecular complexity index is 1260. The number of hydrogen-bond donors (Lipinski definition) is 0. The van der Waals surface area contributed by atoms with Gasteiger partial charge in [-0.05, 0) is 0 Å². The number of hydrogen-bond acceptors (Lipinski definition) is 0. The fourth-order valence-electron chi connectivity index (χ4n) is 3.78. The summed E-state index contributed by atoms with van der Waals surface area (Å²) in [6.45, 7) is 0. The van der Waals surface area contributed by atoms with Crippen molar-refractivity contribution < 1.29 is 44.8 Å². The van der Waals surface area contributed by atoms with E-state index in [1.165, 1.54) is 43.1 Å². The summed E-state index contributed by atoms with van der Waals surface area (Å²) in [6.07, 6.45) is 0. The maximum Gasteiger partial charge on any atom is -0.0606 e. The van der Waals surface area contributed by atoms with Gasteiger partial charge < -0.3 is 24.8 Å². The number of fused-ring (bicyclic) bond motifs is 6. The fraction of sp³-hybridized carbons (Fsp3) is 0. The Morgan fingerprint density at radius 1 is 0.467 bits per heavy atom. The summed E-state index contributed by atoms with van der Waals surface area (Å²) in [6, 6.07) is 38.6. The zero-order chi connectivity index (χ0) is 19.3. The Morgan fingerprint density at radius 2 is 0.833 bits per heavy atom. The van der Waals surface area contributed by atoms with E-state index in [0.29, 0.717) is 0 Å². The third-order valence-electron chi connectivity index (χ3n) is 5.09. The van der Waals surface area contributed by atoms with Crippen LogP contribution in [-0.2, 0) is 20.0 Å². The predicted molar refractivity (Wildman–Crippen MR) is 121 cm³/mol. The fourth-order valence-corrected chi connectivity index (χ4v) is 3.78. The van der Waals surface area contributed by atoms with Crippen molar-refractivity contribution in [3.8, 4) is 0 Å². The van der Waals surface area contributed by atoms with Crippen molar-refractivity contribution in [3.63, 3.8) is 0 Å². The van der Waals surface area contributed by atoms with Crippen LogP contribution in [0.3, 0.4) is 0 Å². The van der Waals surface area contributed by atoms with Gasteiger partial charge in [0, 0.05) is 0 Å². The molecule has 0 aliphatic rings. The summed E-state index contributed by atoms with van der Waals surface area (Å²) in [5.74, 6) is 0. The SMILES string of the molecule is [CH2]=[Ti+2].[Cl-].[Cl-].c1ccc2c(c1)ccc1cc[cH-]c12.c1ccc2c(c1)ccc1cc[cH-]c12. The first-order valence-corrected chi connectivity index (χ1v) is 10.4. The third-order valence-corrected chi connectivity index (χ3v) is 5.09. The molecular weight excluding hydrogens is 443 g/mol. The zero-order valence-electron chi connectivity index (χ0n) is 16.4. The predicted octanol–water partition coefficient (Wildman–Crippen LogP) is 1.40. The van der Waals surface area contributed by atoms with Gasteiger partial charge >= 0.3 is 24.8 Å². The first-order valence-electron chi connectivity index (χ1n) is 9.32. The van der Waals surface area contributed by atoms with Crippen LogP contribution in [0.2, 0.25) is 0 Å². The summed E-state index contributed by atoms with van der Waals surface area (Å²) in [4.78, 5) is 3.25. The Balaban J connectivity index is 0.000000186. The first kappa shape index (κ1) is 24.1. The molecule has 0 nitrogen and oxygen atoms in total. The molecule has 0 unspecified atom stereocenters. The molecule has 0 saturated heterocycles. The molecule has 0 heterocycles. The second kappa shape index (κ2) is 11.3. The molecule has 0 aliphatic heterocycles. The minimum Gasteiger partial charge on any atom is -1.00 e.